The van der Waals surface area contributed by atoms with E-state index in [1.807, 2.05) is 0 Å². The molecule has 9 nitrogen and oxygen atoms in total. The molecule has 1 radical (unpaired) electrons. The predicted molar refractivity (Wildman–Crippen MR) is 71.0 cm³/mol. The fraction of sp³-hybridized carbons (Fsp3) is 0.167. The third-order valence-corrected chi connectivity index (χ3v) is 4.35. The van der Waals surface area contributed by atoms with E-state index >= 15 is 0 Å². The third kappa shape index (κ3) is 3.17. The molecule has 1 aromatic carbocycles. The van der Waals surface area contributed by atoms with Crippen molar-refractivity contribution in [2.45, 2.75) is 16.3 Å². The van der Waals surface area contributed by atoms with E-state index in [0.29, 0.717) is 0 Å². The maximum absolute atomic E-state index is 12.4. The van der Waals surface area contributed by atoms with Gasteiger partial charge in [-0.3, -0.25) is 9.42 Å². The van der Waals surface area contributed by atoms with Gasteiger partial charge in [0.1, 0.15) is 6.61 Å². The molecule has 0 saturated carbocycles. The molecule has 1 aromatic heterocycles. The molecule has 0 bridgehead atoms. The first-order valence-corrected chi connectivity index (χ1v) is 7.53. The number of benzene rings is 1. The molecule has 10 heteroatoms. The van der Waals surface area contributed by atoms with E-state index in [0.717, 1.165) is 0 Å². The highest BCUT2D eigenvalue weighted by Crippen LogP contribution is 2.24. The lowest BCUT2D eigenvalue weighted by Crippen LogP contribution is -2.31. The molecule has 2 aromatic rings. The Balaban J connectivity index is 2.28. The van der Waals surface area contributed by atoms with E-state index in [1.54, 1.807) is 6.07 Å². The number of carbonyl (C=O) groups is 1. The van der Waals surface area contributed by atoms with Gasteiger partial charge in [0.25, 0.3) is 9.84 Å². The van der Waals surface area contributed by atoms with E-state index in [-0.39, 0.29) is 22.8 Å². The van der Waals surface area contributed by atoms with Crippen molar-refractivity contribution in [2.24, 2.45) is 0 Å². The van der Waals surface area contributed by atoms with Gasteiger partial charge in [0.15, 0.2) is 0 Å². The molecule has 0 aliphatic rings. The molecule has 0 atom stereocenters. The number of aromatic nitrogens is 2. The van der Waals surface area contributed by atoms with Gasteiger partial charge in [0, 0.05) is 7.05 Å². The fourth-order valence-electron chi connectivity index (χ4n) is 1.57. The zero-order chi connectivity index (χ0) is 16.2. The number of nitrogens with one attached hydrogen (secondary N) is 1. The number of amides is 1. The summed E-state index contributed by atoms with van der Waals surface area (Å²) < 4.78 is 34.1. The van der Waals surface area contributed by atoms with Crippen molar-refractivity contribution in [3.63, 3.8) is 0 Å². The molecule has 2 rings (SSSR count). The van der Waals surface area contributed by atoms with Crippen molar-refractivity contribution in [1.29, 1.82) is 0 Å². The van der Waals surface area contributed by atoms with Crippen LogP contribution in [0.3, 0.4) is 0 Å². The Morgan fingerprint density at radius 2 is 2.09 bits per heavy atom. The van der Waals surface area contributed by atoms with Gasteiger partial charge < -0.3 is 15.3 Å². The maximum Gasteiger partial charge on any atom is 0.414 e. The summed E-state index contributed by atoms with van der Waals surface area (Å²) in [5.74, 6) is -0.915. The second-order valence-corrected chi connectivity index (χ2v) is 5.92. The van der Waals surface area contributed by atoms with E-state index in [2.05, 4.69) is 22.2 Å². The van der Waals surface area contributed by atoms with Crippen molar-refractivity contribution >= 4 is 15.7 Å². The molecule has 0 saturated heterocycles. The van der Waals surface area contributed by atoms with Crippen molar-refractivity contribution in [2.75, 3.05) is 6.61 Å². The Morgan fingerprint density at radius 3 is 2.73 bits per heavy atom. The minimum absolute atomic E-state index is 0.0833. The summed E-state index contributed by atoms with van der Waals surface area (Å²) in [5, 5.41) is 16.2. The number of ether oxygens (including phenoxy) is 1. The number of rotatable bonds is 6. The molecule has 0 unspecified atom stereocenters. The van der Waals surface area contributed by atoms with Crippen LogP contribution in [0.4, 0.5) is 0 Å². The number of sulfone groups is 1. The molecule has 0 fully saturated rings. The average Bonchev–Trinajstić information content (AvgIpc) is 2.89. The lowest BCUT2D eigenvalue weighted by atomic mass is 10.4. The van der Waals surface area contributed by atoms with Gasteiger partial charge in [0.2, 0.25) is 5.91 Å². The van der Waals surface area contributed by atoms with Crippen LogP contribution in [0.1, 0.15) is 6.42 Å². The minimum Gasteiger partial charge on any atom is -0.454 e. The van der Waals surface area contributed by atoms with Crippen LogP contribution >= 0.6 is 0 Å². The SMILES string of the molecule is [CH2]NC(=O)CCOc1no[n+]([O-])c1S(=O)(=O)c1ccccc1. The molecule has 1 heterocycles. The van der Waals surface area contributed by atoms with Gasteiger partial charge in [-0.05, 0) is 17.0 Å². The number of hydrogen-bond acceptors (Lipinski definition) is 7. The summed E-state index contributed by atoms with van der Waals surface area (Å²) in [6.07, 6.45) is -0.0833. The topological polar surface area (TPSA) is 125 Å². The van der Waals surface area contributed by atoms with Gasteiger partial charge in [0.05, 0.1) is 16.5 Å². The lowest BCUT2D eigenvalue weighted by molar-refractivity contribution is -0.832. The first-order valence-electron chi connectivity index (χ1n) is 6.05. The van der Waals surface area contributed by atoms with Crippen LogP contribution in [-0.4, -0.2) is 26.1 Å². The smallest absolute Gasteiger partial charge is 0.414 e. The van der Waals surface area contributed by atoms with Crippen LogP contribution in [-0.2, 0) is 14.6 Å². The maximum atomic E-state index is 12.4. The second kappa shape index (κ2) is 6.43. The molecule has 0 aliphatic carbocycles. The van der Waals surface area contributed by atoms with E-state index < -0.39 is 26.7 Å². The zero-order valence-corrected chi connectivity index (χ0v) is 12.1. The summed E-state index contributed by atoms with van der Waals surface area (Å²) in [5.41, 5.74) is 0. The molecule has 0 aliphatic heterocycles. The summed E-state index contributed by atoms with van der Waals surface area (Å²) in [6.45, 7) is -0.189. The van der Waals surface area contributed by atoms with Crippen LogP contribution in [0.15, 0.2) is 44.9 Å². The Labute approximate surface area is 125 Å². The first-order chi connectivity index (χ1) is 10.5. The van der Waals surface area contributed by atoms with Gasteiger partial charge in [-0.25, -0.2) is 8.42 Å². The number of nitrogens with zero attached hydrogens (tertiary/aromatic N) is 2. The monoisotopic (exact) mass is 326 g/mol. The minimum atomic E-state index is -4.16. The van der Waals surface area contributed by atoms with Crippen LogP contribution in [0, 0.1) is 12.3 Å². The van der Waals surface area contributed by atoms with Gasteiger partial charge in [-0.2, -0.15) is 0 Å². The van der Waals surface area contributed by atoms with Crippen LogP contribution in [0.5, 0.6) is 5.88 Å². The van der Waals surface area contributed by atoms with Gasteiger partial charge >= 0.3 is 10.9 Å². The molecule has 22 heavy (non-hydrogen) atoms. The van der Waals surface area contributed by atoms with E-state index in [4.69, 9.17) is 4.74 Å². The van der Waals surface area contributed by atoms with Crippen LogP contribution in [0.2, 0.25) is 0 Å². The number of hydrogen-bond donors (Lipinski definition) is 1. The highest BCUT2D eigenvalue weighted by atomic mass is 32.2. The van der Waals surface area contributed by atoms with Gasteiger partial charge in [-0.1, -0.05) is 18.2 Å². The highest BCUT2D eigenvalue weighted by molar-refractivity contribution is 7.91. The lowest BCUT2D eigenvalue weighted by Gasteiger charge is -2.03. The standard InChI is InChI=1S/C12H12N3O6S/c1-13-10(16)7-8-20-11-12(15(17)21-14-11)22(18,19)9-5-3-2-4-6-9/h2-6H,1,7-8H2,(H,13,16). The Hall–Kier alpha value is -2.62. The van der Waals surface area contributed by atoms with Gasteiger partial charge in [-0.15, -0.1) is 0 Å². The van der Waals surface area contributed by atoms with E-state index in [1.165, 1.54) is 24.3 Å². The Kier molecular flexibility index (Phi) is 4.61. The average molecular weight is 326 g/mol. The Bertz CT molecular complexity index is 756. The predicted octanol–water partition coefficient (Wildman–Crippen LogP) is -0.183. The quantitative estimate of drug-likeness (QED) is 0.730. The van der Waals surface area contributed by atoms with Crippen molar-refractivity contribution in [3.05, 3.63) is 42.6 Å². The summed E-state index contributed by atoms with van der Waals surface area (Å²) >= 11 is 0. The first kappa shape index (κ1) is 15.8. The summed E-state index contributed by atoms with van der Waals surface area (Å²) in [6, 6.07) is 7.29. The summed E-state index contributed by atoms with van der Waals surface area (Å²) in [7, 11) is -0.984. The fourth-order valence-corrected chi connectivity index (χ4v) is 2.86. The van der Waals surface area contributed by atoms with E-state index in [9.17, 15) is 18.4 Å². The van der Waals surface area contributed by atoms with Crippen molar-refractivity contribution in [3.8, 4) is 5.88 Å². The van der Waals surface area contributed by atoms with Crippen LogP contribution < -0.4 is 15.0 Å². The second-order valence-electron chi connectivity index (χ2n) is 4.06. The van der Waals surface area contributed by atoms with Crippen molar-refractivity contribution < 1.29 is 27.5 Å². The van der Waals surface area contributed by atoms with Crippen molar-refractivity contribution in [1.82, 2.24) is 10.5 Å². The zero-order valence-electron chi connectivity index (χ0n) is 11.3. The summed E-state index contributed by atoms with van der Waals surface area (Å²) in [4.78, 5) is 10.7. The number of carbonyl (C=O) groups excluding carboxylic acids is 1. The normalized spacial score (nSPS) is 11.1. The molecular weight excluding hydrogens is 314 g/mol. The third-order valence-electron chi connectivity index (χ3n) is 2.62. The Morgan fingerprint density at radius 1 is 1.41 bits per heavy atom. The van der Waals surface area contributed by atoms with Crippen LogP contribution in [0.25, 0.3) is 0 Å². The molecule has 1 amide bonds. The molecular formula is C12H12N3O6S. The largest absolute Gasteiger partial charge is 0.454 e. The molecule has 0 spiro atoms. The molecule has 1 N–H and O–H groups in total. The molecule has 117 valence electrons. The highest BCUT2D eigenvalue weighted by Gasteiger charge is 2.35.